The minimum atomic E-state index is -0.994. The Kier molecular flexibility index (Phi) is 13.5. The Morgan fingerprint density at radius 3 is 2.17 bits per heavy atom. The number of hydrogen-bond acceptors (Lipinski definition) is 11. The first-order chi connectivity index (χ1) is 22.4. The molecule has 1 aliphatic heterocycles. The van der Waals surface area contributed by atoms with Crippen molar-refractivity contribution >= 4 is 47.1 Å². The Hall–Kier alpha value is -5.64. The first kappa shape index (κ1) is 35.8. The highest BCUT2D eigenvalue weighted by atomic mass is 16.7. The molecule has 0 radical (unpaired) electrons. The summed E-state index contributed by atoms with van der Waals surface area (Å²) in [5, 5.41) is 21.8. The summed E-state index contributed by atoms with van der Waals surface area (Å²) < 4.78 is 10.0. The summed E-state index contributed by atoms with van der Waals surface area (Å²) in [5.41, 5.74) is 0.909. The van der Waals surface area contributed by atoms with E-state index in [4.69, 9.17) is 9.47 Å². The van der Waals surface area contributed by atoms with Crippen molar-refractivity contribution in [1.29, 1.82) is 0 Å². The van der Waals surface area contributed by atoms with Crippen LogP contribution < -0.4 is 26.0 Å². The van der Waals surface area contributed by atoms with Gasteiger partial charge in [0, 0.05) is 56.0 Å². The summed E-state index contributed by atoms with van der Waals surface area (Å²) >= 11 is 0. The molecule has 3 rings (SSSR count). The molecule has 1 aliphatic rings. The van der Waals surface area contributed by atoms with Gasteiger partial charge in [-0.15, -0.1) is 0 Å². The summed E-state index contributed by atoms with van der Waals surface area (Å²) in [4.78, 5) is 83.4. The van der Waals surface area contributed by atoms with Gasteiger partial charge in [0.15, 0.2) is 0 Å². The smallest absolute Gasteiger partial charge is 0.429 e. The number of nitro groups is 1. The average molecular weight is 653 g/mol. The quantitative estimate of drug-likeness (QED) is 0.0483. The van der Waals surface area contributed by atoms with Crippen molar-refractivity contribution < 1.29 is 43.2 Å². The van der Waals surface area contributed by atoms with Crippen LogP contribution in [0, 0.1) is 16.0 Å². The molecule has 0 aromatic heterocycles. The molecule has 250 valence electrons. The Bertz CT molecular complexity index is 1470. The third kappa shape index (κ3) is 12.0. The molecule has 0 saturated heterocycles. The van der Waals surface area contributed by atoms with Gasteiger partial charge in [0.05, 0.1) is 17.5 Å². The highest BCUT2D eigenvalue weighted by Gasteiger charge is 2.23. The molecule has 16 heteroatoms. The zero-order valence-electron chi connectivity index (χ0n) is 25.9. The standard InChI is InChI=1S/C31H36N6O10/c1-20(2)29(33-16-15-32-25(38)4-3-17-36-27(40)13-14-28(36)41)30(42)34-18-26(39)35-22-7-5-21(6-8-22)19-46-31(43)47-24-11-9-23(10-12-24)37(44)45/h5-14,20,29,33H,3-4,15-19H2,1-2H3,(H,32,38)(H,34,42)(H,35,39)/t29-/m0/s1. The topological polar surface area (TPSA) is 215 Å². The highest BCUT2D eigenvalue weighted by molar-refractivity contribution is 6.12. The van der Waals surface area contributed by atoms with Crippen LogP contribution in [-0.4, -0.2) is 77.7 Å². The van der Waals surface area contributed by atoms with Crippen molar-refractivity contribution in [3.8, 4) is 5.75 Å². The lowest BCUT2D eigenvalue weighted by atomic mass is 10.0. The Morgan fingerprint density at radius 2 is 1.55 bits per heavy atom. The molecule has 1 heterocycles. The molecule has 0 bridgehead atoms. The van der Waals surface area contributed by atoms with Crippen molar-refractivity contribution in [1.82, 2.24) is 20.9 Å². The maximum absolute atomic E-state index is 12.7. The number of nitrogens with zero attached hydrogens (tertiary/aromatic N) is 2. The van der Waals surface area contributed by atoms with Crippen molar-refractivity contribution in [2.24, 2.45) is 5.92 Å². The van der Waals surface area contributed by atoms with Gasteiger partial charge in [0.25, 0.3) is 17.5 Å². The second-order valence-corrected chi connectivity index (χ2v) is 10.6. The predicted octanol–water partition coefficient (Wildman–Crippen LogP) is 1.80. The summed E-state index contributed by atoms with van der Waals surface area (Å²) in [6.45, 7) is 3.99. The van der Waals surface area contributed by atoms with Crippen LogP contribution in [0.3, 0.4) is 0 Å². The van der Waals surface area contributed by atoms with Gasteiger partial charge in [0.1, 0.15) is 12.4 Å². The molecule has 16 nitrogen and oxygen atoms in total. The van der Waals surface area contributed by atoms with E-state index in [1.54, 1.807) is 24.3 Å². The summed E-state index contributed by atoms with van der Waals surface area (Å²) in [5.74, 6) is -1.90. The molecular weight excluding hydrogens is 616 g/mol. The number of carbonyl (C=O) groups excluding carboxylic acids is 6. The largest absolute Gasteiger partial charge is 0.514 e. The fourth-order valence-corrected chi connectivity index (χ4v) is 4.27. The predicted molar refractivity (Wildman–Crippen MR) is 167 cm³/mol. The van der Waals surface area contributed by atoms with E-state index >= 15 is 0 Å². The summed E-state index contributed by atoms with van der Waals surface area (Å²) in [7, 11) is 0. The number of benzene rings is 2. The van der Waals surface area contributed by atoms with E-state index in [1.807, 2.05) is 13.8 Å². The second-order valence-electron chi connectivity index (χ2n) is 10.6. The number of nitro benzene ring substituents is 1. The zero-order valence-corrected chi connectivity index (χ0v) is 25.9. The summed E-state index contributed by atoms with van der Waals surface area (Å²) in [6.07, 6.45) is 1.86. The fraction of sp³-hybridized carbons (Fsp3) is 0.355. The van der Waals surface area contributed by atoms with Crippen LogP contribution in [0.5, 0.6) is 5.75 Å². The number of hydrogen-bond donors (Lipinski definition) is 4. The van der Waals surface area contributed by atoms with Gasteiger partial charge in [-0.3, -0.25) is 39.0 Å². The first-order valence-corrected chi connectivity index (χ1v) is 14.7. The molecule has 0 unspecified atom stereocenters. The molecule has 2 aromatic carbocycles. The number of imide groups is 1. The minimum absolute atomic E-state index is 0.0874. The first-order valence-electron chi connectivity index (χ1n) is 14.7. The van der Waals surface area contributed by atoms with E-state index in [0.29, 0.717) is 24.2 Å². The lowest BCUT2D eigenvalue weighted by molar-refractivity contribution is -0.384. The number of carbonyl (C=O) groups is 6. The zero-order chi connectivity index (χ0) is 34.3. The van der Waals surface area contributed by atoms with Crippen molar-refractivity contribution in [2.45, 2.75) is 39.3 Å². The van der Waals surface area contributed by atoms with E-state index in [-0.39, 0.29) is 61.8 Å². The van der Waals surface area contributed by atoms with Gasteiger partial charge < -0.3 is 30.7 Å². The molecular formula is C31H36N6O10. The Balaban J connectivity index is 1.31. The van der Waals surface area contributed by atoms with E-state index in [1.165, 1.54) is 36.4 Å². The second kappa shape index (κ2) is 17.7. The maximum atomic E-state index is 12.7. The molecule has 47 heavy (non-hydrogen) atoms. The molecule has 0 aliphatic carbocycles. The fourth-order valence-electron chi connectivity index (χ4n) is 4.27. The van der Waals surface area contributed by atoms with E-state index in [9.17, 15) is 38.9 Å². The number of nitrogens with one attached hydrogen (secondary N) is 4. The van der Waals surface area contributed by atoms with Crippen molar-refractivity contribution in [3.63, 3.8) is 0 Å². The molecule has 1 atom stereocenters. The number of ether oxygens (including phenoxy) is 2. The number of rotatable bonds is 17. The van der Waals surface area contributed by atoms with Crippen molar-refractivity contribution in [2.75, 3.05) is 31.5 Å². The van der Waals surface area contributed by atoms with Gasteiger partial charge in [-0.05, 0) is 42.2 Å². The van der Waals surface area contributed by atoms with Gasteiger partial charge in [0.2, 0.25) is 17.7 Å². The molecule has 5 amide bonds. The van der Waals surface area contributed by atoms with Crippen LogP contribution in [-0.2, 0) is 35.3 Å². The van der Waals surface area contributed by atoms with Gasteiger partial charge in [-0.1, -0.05) is 26.0 Å². The summed E-state index contributed by atoms with van der Waals surface area (Å²) in [6, 6.07) is 10.8. The third-order valence-corrected chi connectivity index (χ3v) is 6.71. The van der Waals surface area contributed by atoms with Crippen LogP contribution in [0.1, 0.15) is 32.3 Å². The van der Waals surface area contributed by atoms with Crippen LogP contribution in [0.2, 0.25) is 0 Å². The monoisotopic (exact) mass is 652 g/mol. The van der Waals surface area contributed by atoms with Crippen molar-refractivity contribution in [3.05, 3.63) is 76.4 Å². The number of amides is 5. The molecule has 0 fully saturated rings. The lowest BCUT2D eigenvalue weighted by Gasteiger charge is -2.22. The Labute approximate surface area is 270 Å². The van der Waals surface area contributed by atoms with E-state index in [0.717, 1.165) is 4.90 Å². The normalized spacial score (nSPS) is 12.9. The molecule has 0 spiro atoms. The van der Waals surface area contributed by atoms with Crippen LogP contribution in [0.4, 0.5) is 16.2 Å². The van der Waals surface area contributed by atoms with Gasteiger partial charge in [-0.25, -0.2) is 4.79 Å². The highest BCUT2D eigenvalue weighted by Crippen LogP contribution is 2.18. The average Bonchev–Trinajstić information content (AvgIpc) is 3.35. The minimum Gasteiger partial charge on any atom is -0.429 e. The number of anilines is 1. The number of non-ortho nitro benzene ring substituents is 1. The van der Waals surface area contributed by atoms with E-state index in [2.05, 4.69) is 21.3 Å². The van der Waals surface area contributed by atoms with Gasteiger partial charge >= 0.3 is 6.16 Å². The maximum Gasteiger partial charge on any atom is 0.514 e. The SMILES string of the molecule is CC(C)[C@H](NCCNC(=O)CCCN1C(=O)C=CC1=O)C(=O)NCC(=O)Nc1ccc(COC(=O)Oc2ccc([N+](=O)[O-])cc2)cc1. The van der Waals surface area contributed by atoms with Gasteiger partial charge in [-0.2, -0.15) is 0 Å². The van der Waals surface area contributed by atoms with Crippen LogP contribution >= 0.6 is 0 Å². The van der Waals surface area contributed by atoms with Crippen LogP contribution in [0.15, 0.2) is 60.7 Å². The molecule has 0 saturated carbocycles. The van der Waals surface area contributed by atoms with Crippen LogP contribution in [0.25, 0.3) is 0 Å². The lowest BCUT2D eigenvalue weighted by Crippen LogP contribution is -2.50. The molecule has 4 N–H and O–H groups in total. The van der Waals surface area contributed by atoms with E-state index < -0.39 is 34.8 Å². The Morgan fingerprint density at radius 1 is 0.894 bits per heavy atom. The third-order valence-electron chi connectivity index (χ3n) is 6.71. The molecule has 2 aromatic rings.